The molecule has 0 aliphatic carbocycles. The van der Waals surface area contributed by atoms with Gasteiger partial charge in [-0.15, -0.1) is 0 Å². The van der Waals surface area contributed by atoms with Crippen LogP contribution in [0.2, 0.25) is 0 Å². The lowest BCUT2D eigenvalue weighted by atomic mass is 10.2. The maximum atomic E-state index is 11.3. The number of amides is 2. The van der Waals surface area contributed by atoms with Gasteiger partial charge in [0.2, 0.25) is 0 Å². The number of hydrogen-bond donors (Lipinski definition) is 3. The van der Waals surface area contributed by atoms with Crippen LogP contribution in [0, 0.1) is 0 Å². The van der Waals surface area contributed by atoms with E-state index < -0.39 is 18.0 Å². The van der Waals surface area contributed by atoms with Crippen LogP contribution in [0.15, 0.2) is 0 Å². The minimum atomic E-state index is -1.03. The van der Waals surface area contributed by atoms with Crippen molar-refractivity contribution in [2.75, 3.05) is 19.8 Å². The van der Waals surface area contributed by atoms with Crippen LogP contribution in [0.5, 0.6) is 0 Å². The van der Waals surface area contributed by atoms with Crippen LogP contribution in [0.25, 0.3) is 0 Å². The predicted molar refractivity (Wildman–Crippen MR) is 64.0 cm³/mol. The maximum Gasteiger partial charge on any atom is 0.326 e. The van der Waals surface area contributed by atoms with Gasteiger partial charge < -0.3 is 20.5 Å². The molecular formula is C11H22N2O4. The van der Waals surface area contributed by atoms with Gasteiger partial charge in [-0.1, -0.05) is 20.3 Å². The Hall–Kier alpha value is -1.30. The second-order valence-electron chi connectivity index (χ2n) is 3.67. The monoisotopic (exact) mass is 246 g/mol. The van der Waals surface area contributed by atoms with Crippen LogP contribution in [-0.4, -0.2) is 42.9 Å². The summed E-state index contributed by atoms with van der Waals surface area (Å²) in [6.07, 6.45) is 2.43. The number of carbonyl (C=O) groups is 2. The Morgan fingerprint density at radius 3 is 2.53 bits per heavy atom. The van der Waals surface area contributed by atoms with Crippen molar-refractivity contribution in [3.63, 3.8) is 0 Å². The van der Waals surface area contributed by atoms with E-state index in [2.05, 4.69) is 17.6 Å². The van der Waals surface area contributed by atoms with Gasteiger partial charge in [-0.05, 0) is 12.8 Å². The summed E-state index contributed by atoms with van der Waals surface area (Å²) in [4.78, 5) is 21.9. The number of unbranched alkanes of at least 4 members (excludes halogenated alkanes) is 1. The van der Waals surface area contributed by atoms with Crippen LogP contribution in [0.3, 0.4) is 0 Å². The second-order valence-corrected chi connectivity index (χ2v) is 3.67. The van der Waals surface area contributed by atoms with Crippen molar-refractivity contribution < 1.29 is 19.4 Å². The van der Waals surface area contributed by atoms with Crippen LogP contribution in [0.4, 0.5) is 4.79 Å². The van der Waals surface area contributed by atoms with E-state index in [1.54, 1.807) is 6.92 Å². The minimum absolute atomic E-state index is 0.357. The van der Waals surface area contributed by atoms with Crippen molar-refractivity contribution in [1.29, 1.82) is 0 Å². The first-order valence-corrected chi connectivity index (χ1v) is 5.96. The highest BCUT2D eigenvalue weighted by atomic mass is 16.5. The highest BCUT2D eigenvalue weighted by Crippen LogP contribution is 1.90. The molecule has 6 heteroatoms. The molecule has 0 saturated carbocycles. The molecule has 0 aliphatic heterocycles. The van der Waals surface area contributed by atoms with Crippen molar-refractivity contribution in [2.24, 2.45) is 0 Å². The number of aliphatic carboxylic acids is 1. The summed E-state index contributed by atoms with van der Waals surface area (Å²) in [7, 11) is 0. The zero-order valence-corrected chi connectivity index (χ0v) is 10.5. The highest BCUT2D eigenvalue weighted by molar-refractivity contribution is 5.82. The Morgan fingerprint density at radius 2 is 2.00 bits per heavy atom. The first kappa shape index (κ1) is 15.7. The van der Waals surface area contributed by atoms with Gasteiger partial charge in [0.05, 0.1) is 6.61 Å². The molecule has 0 aliphatic rings. The molecule has 3 N–H and O–H groups in total. The molecule has 17 heavy (non-hydrogen) atoms. The van der Waals surface area contributed by atoms with Crippen LogP contribution < -0.4 is 10.6 Å². The molecule has 0 rings (SSSR count). The molecule has 100 valence electrons. The first-order valence-electron chi connectivity index (χ1n) is 5.96. The van der Waals surface area contributed by atoms with E-state index in [1.165, 1.54) is 0 Å². The molecule has 0 aromatic carbocycles. The molecule has 6 nitrogen and oxygen atoms in total. The zero-order chi connectivity index (χ0) is 13.1. The number of ether oxygens (including phenoxy) is 1. The molecule has 1 atom stereocenters. The molecule has 0 bridgehead atoms. The summed E-state index contributed by atoms with van der Waals surface area (Å²) < 4.78 is 5.24. The van der Waals surface area contributed by atoms with Crippen molar-refractivity contribution in [1.82, 2.24) is 10.6 Å². The van der Waals surface area contributed by atoms with E-state index in [9.17, 15) is 9.59 Å². The third-order valence-corrected chi connectivity index (χ3v) is 2.19. The van der Waals surface area contributed by atoms with Gasteiger partial charge in [-0.2, -0.15) is 0 Å². The average Bonchev–Trinajstić information content (AvgIpc) is 2.30. The number of carbonyl (C=O) groups excluding carboxylic acids is 1. The van der Waals surface area contributed by atoms with Gasteiger partial charge in [0.1, 0.15) is 6.04 Å². The summed E-state index contributed by atoms with van der Waals surface area (Å²) in [5, 5.41) is 13.6. The lowest BCUT2D eigenvalue weighted by Gasteiger charge is -2.13. The minimum Gasteiger partial charge on any atom is -0.480 e. The van der Waals surface area contributed by atoms with E-state index in [1.807, 2.05) is 0 Å². The van der Waals surface area contributed by atoms with E-state index in [-0.39, 0.29) is 0 Å². The third-order valence-electron chi connectivity index (χ3n) is 2.19. The molecule has 0 heterocycles. The van der Waals surface area contributed by atoms with Gasteiger partial charge >= 0.3 is 12.0 Å². The van der Waals surface area contributed by atoms with Gasteiger partial charge in [-0.25, -0.2) is 9.59 Å². The molecule has 0 spiro atoms. The van der Waals surface area contributed by atoms with Crippen LogP contribution in [0.1, 0.15) is 33.1 Å². The van der Waals surface area contributed by atoms with Gasteiger partial charge in [0.15, 0.2) is 0 Å². The smallest absolute Gasteiger partial charge is 0.326 e. The SMILES string of the molecule is CCCCOCCNC(=O)NC(CC)C(=O)O. The van der Waals surface area contributed by atoms with Gasteiger partial charge in [-0.3, -0.25) is 0 Å². The molecular weight excluding hydrogens is 224 g/mol. The predicted octanol–water partition coefficient (Wildman–Crippen LogP) is 0.965. The number of urea groups is 1. The maximum absolute atomic E-state index is 11.3. The van der Waals surface area contributed by atoms with E-state index in [0.29, 0.717) is 26.2 Å². The highest BCUT2D eigenvalue weighted by Gasteiger charge is 2.16. The molecule has 0 aromatic rings. The lowest BCUT2D eigenvalue weighted by Crippen LogP contribution is -2.46. The van der Waals surface area contributed by atoms with Gasteiger partial charge in [0.25, 0.3) is 0 Å². The summed E-state index contributed by atoms with van der Waals surface area (Å²) in [5.41, 5.74) is 0. The molecule has 0 aromatic heterocycles. The van der Waals surface area contributed by atoms with E-state index in [0.717, 1.165) is 12.8 Å². The van der Waals surface area contributed by atoms with E-state index in [4.69, 9.17) is 9.84 Å². The summed E-state index contributed by atoms with van der Waals surface area (Å²) in [6, 6.07) is -1.31. The number of carboxylic acids is 1. The average molecular weight is 246 g/mol. The second kappa shape index (κ2) is 9.89. The topological polar surface area (TPSA) is 87.7 Å². The fourth-order valence-electron chi connectivity index (χ4n) is 1.13. The standard InChI is InChI=1S/C11H22N2O4/c1-3-5-7-17-8-6-12-11(16)13-9(4-2)10(14)15/h9H,3-8H2,1-2H3,(H,14,15)(H2,12,13,16). The van der Waals surface area contributed by atoms with Crippen LogP contribution in [-0.2, 0) is 9.53 Å². The zero-order valence-electron chi connectivity index (χ0n) is 10.5. The van der Waals surface area contributed by atoms with Crippen molar-refractivity contribution >= 4 is 12.0 Å². The third kappa shape index (κ3) is 8.50. The fourth-order valence-corrected chi connectivity index (χ4v) is 1.13. The van der Waals surface area contributed by atoms with Crippen LogP contribution >= 0.6 is 0 Å². The number of nitrogens with one attached hydrogen (secondary N) is 2. The Labute approximate surface area is 102 Å². The number of carboxylic acid groups (broad SMARTS) is 1. The van der Waals surface area contributed by atoms with Crippen molar-refractivity contribution in [2.45, 2.75) is 39.2 Å². The van der Waals surface area contributed by atoms with Crippen molar-refractivity contribution in [3.8, 4) is 0 Å². The Morgan fingerprint density at radius 1 is 1.29 bits per heavy atom. The quantitative estimate of drug-likeness (QED) is 0.529. The van der Waals surface area contributed by atoms with Crippen molar-refractivity contribution in [3.05, 3.63) is 0 Å². The molecule has 0 radical (unpaired) electrons. The Kier molecular flexibility index (Phi) is 9.14. The first-order chi connectivity index (χ1) is 8.11. The Bertz CT molecular complexity index is 234. The van der Waals surface area contributed by atoms with E-state index >= 15 is 0 Å². The summed E-state index contributed by atoms with van der Waals surface area (Å²) in [5.74, 6) is -1.03. The summed E-state index contributed by atoms with van der Waals surface area (Å²) in [6.45, 7) is 5.29. The Balaban J connectivity index is 3.55. The number of rotatable bonds is 9. The molecule has 1 unspecified atom stereocenters. The number of hydrogen-bond acceptors (Lipinski definition) is 3. The van der Waals surface area contributed by atoms with Gasteiger partial charge in [0, 0.05) is 13.2 Å². The molecule has 0 fully saturated rings. The fraction of sp³-hybridized carbons (Fsp3) is 0.818. The lowest BCUT2D eigenvalue weighted by molar-refractivity contribution is -0.139. The molecule has 2 amide bonds. The largest absolute Gasteiger partial charge is 0.480 e. The normalized spacial score (nSPS) is 11.9. The summed E-state index contributed by atoms with van der Waals surface area (Å²) >= 11 is 0. The molecule has 0 saturated heterocycles.